The van der Waals surface area contributed by atoms with Crippen LogP contribution in [-0.2, 0) is 0 Å². The van der Waals surface area contributed by atoms with Crippen LogP contribution in [-0.4, -0.2) is 36.7 Å². The largest absolute Gasteiger partial charge is 0.497 e. The van der Waals surface area contributed by atoms with Gasteiger partial charge in [0.1, 0.15) is 11.4 Å². The molecule has 21 heavy (non-hydrogen) atoms. The molecule has 104 valence electrons. The molecule has 0 aliphatic carbocycles. The summed E-state index contributed by atoms with van der Waals surface area (Å²) >= 11 is 0. The van der Waals surface area contributed by atoms with Crippen LogP contribution in [0, 0.1) is 0 Å². The zero-order chi connectivity index (χ0) is 14.4. The molecular weight excluding hydrogens is 272 g/mol. The van der Waals surface area contributed by atoms with Crippen molar-refractivity contribution in [2.75, 3.05) is 7.11 Å². The Labute approximate surface area is 117 Å². The standard InChI is InChI=1S/C13H10N6O2/c1-21-8-4-2-7(3-5-8)11-17-18-12-9-10(15-6-14-9)16-13(20)19(11)12/h2-6H,1H3,(H,14,15)(H,16,20). The number of hydrogen-bond acceptors (Lipinski definition) is 5. The first-order valence-electron chi connectivity index (χ1n) is 6.23. The molecule has 0 atom stereocenters. The molecule has 0 unspecified atom stereocenters. The summed E-state index contributed by atoms with van der Waals surface area (Å²) in [5.74, 6) is 1.19. The summed E-state index contributed by atoms with van der Waals surface area (Å²) in [6.45, 7) is 0. The number of hydrogen-bond donors (Lipinski definition) is 2. The number of methoxy groups -OCH3 is 1. The number of ether oxygens (including phenoxy) is 1. The lowest BCUT2D eigenvalue weighted by Crippen LogP contribution is -2.17. The molecule has 1 aromatic carbocycles. The molecule has 4 aromatic rings. The van der Waals surface area contributed by atoms with Crippen molar-refractivity contribution in [3.05, 3.63) is 41.1 Å². The van der Waals surface area contributed by atoms with Gasteiger partial charge in [0, 0.05) is 5.56 Å². The van der Waals surface area contributed by atoms with Crippen LogP contribution in [0.4, 0.5) is 0 Å². The second kappa shape index (κ2) is 4.17. The molecule has 0 radical (unpaired) electrons. The molecule has 0 aliphatic rings. The first-order chi connectivity index (χ1) is 10.3. The van der Waals surface area contributed by atoms with Gasteiger partial charge >= 0.3 is 5.69 Å². The van der Waals surface area contributed by atoms with Gasteiger partial charge in [-0.05, 0) is 24.3 Å². The molecule has 0 bridgehead atoms. The Kier molecular flexibility index (Phi) is 2.31. The second-order valence-electron chi connectivity index (χ2n) is 4.47. The number of nitrogens with zero attached hydrogens (tertiary/aromatic N) is 4. The van der Waals surface area contributed by atoms with Crippen molar-refractivity contribution in [2.24, 2.45) is 0 Å². The van der Waals surface area contributed by atoms with Gasteiger partial charge in [0.25, 0.3) is 0 Å². The first-order valence-corrected chi connectivity index (χ1v) is 6.23. The molecule has 0 saturated heterocycles. The molecule has 0 saturated carbocycles. The zero-order valence-corrected chi connectivity index (χ0v) is 11.0. The summed E-state index contributed by atoms with van der Waals surface area (Å²) in [7, 11) is 1.60. The van der Waals surface area contributed by atoms with Crippen molar-refractivity contribution in [2.45, 2.75) is 0 Å². The average Bonchev–Trinajstić information content (AvgIpc) is 3.13. The van der Waals surface area contributed by atoms with Crippen LogP contribution in [0.25, 0.3) is 28.2 Å². The highest BCUT2D eigenvalue weighted by atomic mass is 16.5. The summed E-state index contributed by atoms with van der Waals surface area (Å²) < 4.78 is 6.53. The third kappa shape index (κ3) is 1.62. The number of aromatic nitrogens is 6. The molecule has 8 nitrogen and oxygen atoms in total. The topological polar surface area (TPSA) is 101 Å². The zero-order valence-electron chi connectivity index (χ0n) is 11.0. The molecule has 0 fully saturated rings. The van der Waals surface area contributed by atoms with Crippen LogP contribution < -0.4 is 10.4 Å². The van der Waals surface area contributed by atoms with Crippen LogP contribution in [0.2, 0.25) is 0 Å². The van der Waals surface area contributed by atoms with E-state index in [0.717, 1.165) is 11.3 Å². The molecular formula is C13H10N6O2. The van der Waals surface area contributed by atoms with Crippen LogP contribution in [0.15, 0.2) is 35.4 Å². The number of H-pyrrole nitrogens is 2. The van der Waals surface area contributed by atoms with E-state index >= 15 is 0 Å². The Bertz CT molecular complexity index is 995. The van der Waals surface area contributed by atoms with Gasteiger partial charge in [0.2, 0.25) is 0 Å². The minimum Gasteiger partial charge on any atom is -0.497 e. The number of imidazole rings is 1. The van der Waals surface area contributed by atoms with Crippen molar-refractivity contribution in [3.63, 3.8) is 0 Å². The van der Waals surface area contributed by atoms with Gasteiger partial charge in [0.05, 0.1) is 13.4 Å². The van der Waals surface area contributed by atoms with Crippen LogP contribution in [0.1, 0.15) is 0 Å². The van der Waals surface area contributed by atoms with Gasteiger partial charge in [-0.2, -0.15) is 0 Å². The maximum absolute atomic E-state index is 12.2. The van der Waals surface area contributed by atoms with Crippen LogP contribution in [0.3, 0.4) is 0 Å². The van der Waals surface area contributed by atoms with Gasteiger partial charge in [-0.25, -0.2) is 14.2 Å². The number of nitrogens with one attached hydrogen (secondary N) is 2. The van der Waals surface area contributed by atoms with E-state index < -0.39 is 0 Å². The SMILES string of the molecule is COc1ccc(-c2nnc3c4nc[nH]c4[nH]c(=O)n23)cc1. The van der Waals surface area contributed by atoms with E-state index in [-0.39, 0.29) is 5.69 Å². The second-order valence-corrected chi connectivity index (χ2v) is 4.47. The molecule has 2 N–H and O–H groups in total. The first kappa shape index (κ1) is 11.6. The summed E-state index contributed by atoms with van der Waals surface area (Å²) in [5, 5.41) is 8.19. The van der Waals surface area contributed by atoms with Crippen molar-refractivity contribution in [3.8, 4) is 17.1 Å². The maximum Gasteiger partial charge on any atom is 0.334 e. The monoisotopic (exact) mass is 282 g/mol. The minimum atomic E-state index is -0.322. The Balaban J connectivity index is 2.02. The fourth-order valence-corrected chi connectivity index (χ4v) is 2.28. The van der Waals surface area contributed by atoms with Crippen molar-refractivity contribution in [1.82, 2.24) is 29.5 Å². The predicted octanol–water partition coefficient (Wildman–Crippen LogP) is 0.969. The van der Waals surface area contributed by atoms with E-state index in [2.05, 4.69) is 25.1 Å². The molecule has 0 amide bonds. The number of fused-ring (bicyclic) bond motifs is 3. The van der Waals surface area contributed by atoms with Crippen LogP contribution >= 0.6 is 0 Å². The predicted molar refractivity (Wildman–Crippen MR) is 75.2 cm³/mol. The summed E-state index contributed by atoms with van der Waals surface area (Å²) in [6, 6.07) is 7.25. The lowest BCUT2D eigenvalue weighted by atomic mass is 10.2. The number of benzene rings is 1. The van der Waals surface area contributed by atoms with Gasteiger partial charge in [-0.1, -0.05) is 0 Å². The molecule has 3 heterocycles. The van der Waals surface area contributed by atoms with E-state index in [9.17, 15) is 4.79 Å². The van der Waals surface area contributed by atoms with Crippen LogP contribution in [0.5, 0.6) is 5.75 Å². The van der Waals surface area contributed by atoms with E-state index in [1.54, 1.807) is 19.2 Å². The van der Waals surface area contributed by atoms with E-state index in [4.69, 9.17) is 4.74 Å². The summed E-state index contributed by atoms with van der Waals surface area (Å²) in [5.41, 5.74) is 1.96. The van der Waals surface area contributed by atoms with E-state index in [0.29, 0.717) is 22.6 Å². The lowest BCUT2D eigenvalue weighted by Gasteiger charge is -2.02. The third-order valence-electron chi connectivity index (χ3n) is 3.30. The number of aromatic amines is 2. The normalized spacial score (nSPS) is 11.3. The molecule has 3 aromatic heterocycles. The molecule has 0 aliphatic heterocycles. The highest BCUT2D eigenvalue weighted by Gasteiger charge is 2.15. The smallest absolute Gasteiger partial charge is 0.334 e. The van der Waals surface area contributed by atoms with E-state index in [1.165, 1.54) is 10.7 Å². The Hall–Kier alpha value is -3.16. The van der Waals surface area contributed by atoms with Crippen molar-refractivity contribution in [1.29, 1.82) is 0 Å². The summed E-state index contributed by atoms with van der Waals surface area (Å²) in [6.07, 6.45) is 1.50. The number of rotatable bonds is 2. The fourth-order valence-electron chi connectivity index (χ4n) is 2.28. The van der Waals surface area contributed by atoms with E-state index in [1.807, 2.05) is 12.1 Å². The minimum absolute atomic E-state index is 0.322. The fraction of sp³-hybridized carbons (Fsp3) is 0.0769. The molecule has 0 spiro atoms. The third-order valence-corrected chi connectivity index (χ3v) is 3.30. The Morgan fingerprint density at radius 2 is 2.00 bits per heavy atom. The quantitative estimate of drug-likeness (QED) is 0.570. The average molecular weight is 282 g/mol. The Morgan fingerprint density at radius 1 is 1.19 bits per heavy atom. The summed E-state index contributed by atoms with van der Waals surface area (Å²) in [4.78, 5) is 21.9. The lowest BCUT2D eigenvalue weighted by molar-refractivity contribution is 0.415. The van der Waals surface area contributed by atoms with Crippen molar-refractivity contribution < 1.29 is 4.74 Å². The van der Waals surface area contributed by atoms with Gasteiger partial charge in [0.15, 0.2) is 17.0 Å². The van der Waals surface area contributed by atoms with Gasteiger partial charge in [-0.3, -0.25) is 4.98 Å². The Morgan fingerprint density at radius 3 is 2.76 bits per heavy atom. The van der Waals surface area contributed by atoms with Gasteiger partial charge < -0.3 is 9.72 Å². The molecule has 4 rings (SSSR count). The highest BCUT2D eigenvalue weighted by molar-refractivity contribution is 5.85. The highest BCUT2D eigenvalue weighted by Crippen LogP contribution is 2.21. The van der Waals surface area contributed by atoms with Crippen molar-refractivity contribution >= 4 is 16.8 Å². The van der Waals surface area contributed by atoms with Gasteiger partial charge in [-0.15, -0.1) is 10.2 Å². The molecule has 8 heteroatoms. The maximum atomic E-state index is 12.2.